The predicted octanol–water partition coefficient (Wildman–Crippen LogP) is 3.86. The lowest BCUT2D eigenvalue weighted by molar-refractivity contribution is -0.139. The number of halogens is 3. The minimum absolute atomic E-state index is 0.0192. The van der Waals surface area contributed by atoms with Crippen molar-refractivity contribution < 1.29 is 41.0 Å². The Kier molecular flexibility index (Phi) is 7.90. The van der Waals surface area contributed by atoms with Crippen molar-refractivity contribution >= 4 is 27.3 Å². The second-order valence-electron chi connectivity index (χ2n) is 10.5. The summed E-state index contributed by atoms with van der Waals surface area (Å²) in [7, 11) is -3.91. The van der Waals surface area contributed by atoms with Crippen molar-refractivity contribution in [2.24, 2.45) is 5.41 Å². The fraction of sp³-hybridized carbons (Fsp3) is 0.519. The monoisotopic (exact) mass is 583 g/mol. The summed E-state index contributed by atoms with van der Waals surface area (Å²) in [5.74, 6) is -0.000798. The van der Waals surface area contributed by atoms with E-state index in [2.05, 4.69) is 10.0 Å². The number of benzene rings is 2. The Hall–Kier alpha value is -3.03. The lowest BCUT2D eigenvalue weighted by Gasteiger charge is -2.35. The largest absolute Gasteiger partial charge is 0.489 e. The average Bonchev–Trinajstić information content (AvgIpc) is 3.48. The summed E-state index contributed by atoms with van der Waals surface area (Å²) < 4.78 is 76.7. The van der Waals surface area contributed by atoms with Crippen LogP contribution in [0.2, 0.25) is 0 Å². The van der Waals surface area contributed by atoms with Crippen LogP contribution in [0.5, 0.6) is 11.5 Å². The van der Waals surface area contributed by atoms with Gasteiger partial charge in [0, 0.05) is 43.4 Å². The van der Waals surface area contributed by atoms with Crippen LogP contribution in [0.3, 0.4) is 0 Å². The number of aliphatic hydroxyl groups excluding tert-OH is 1. The zero-order valence-corrected chi connectivity index (χ0v) is 22.7. The zero-order chi connectivity index (χ0) is 28.5. The molecule has 2 aromatic carbocycles. The first-order chi connectivity index (χ1) is 19.0. The Morgan fingerprint density at radius 1 is 1.12 bits per heavy atom. The maximum absolute atomic E-state index is 13.6. The van der Waals surface area contributed by atoms with Gasteiger partial charge in [-0.2, -0.15) is 13.2 Å². The van der Waals surface area contributed by atoms with Crippen LogP contribution in [0.25, 0.3) is 0 Å². The number of nitrogens with one attached hydrogen (secondary N) is 2. The Morgan fingerprint density at radius 3 is 2.55 bits per heavy atom. The molecular weight excluding hydrogens is 551 g/mol. The van der Waals surface area contributed by atoms with Gasteiger partial charge in [0.2, 0.25) is 10.0 Å². The van der Waals surface area contributed by atoms with E-state index in [1.165, 1.54) is 37.1 Å². The lowest BCUT2D eigenvalue weighted by atomic mass is 9.93. The highest BCUT2D eigenvalue weighted by Crippen LogP contribution is 2.54. The standard InChI is InChI=1S/C27H32F3N3O6S/c28-27(29,30)8-14-38-23-16-19(15-18-3-13-39-24(18)23)32-25(35)21-2-1-20(40(36,37)31-9-12-34)17-22(21)33-10-6-26(4-5-26)7-11-33/h1-2,15-17,31,34H,3-14H2,(H,32,35). The molecule has 0 atom stereocenters. The van der Waals surface area contributed by atoms with Gasteiger partial charge in [-0.1, -0.05) is 0 Å². The lowest BCUT2D eigenvalue weighted by Crippen LogP contribution is -2.36. The second-order valence-corrected chi connectivity index (χ2v) is 12.3. The Balaban J connectivity index is 1.41. The fourth-order valence-electron chi connectivity index (χ4n) is 5.22. The molecule has 1 saturated carbocycles. The topological polar surface area (TPSA) is 117 Å². The summed E-state index contributed by atoms with van der Waals surface area (Å²) in [6, 6.07) is 7.41. The summed E-state index contributed by atoms with van der Waals surface area (Å²) in [6.45, 7) is 0.638. The summed E-state index contributed by atoms with van der Waals surface area (Å²) >= 11 is 0. The zero-order valence-electron chi connectivity index (χ0n) is 21.8. The van der Waals surface area contributed by atoms with Gasteiger partial charge in [0.25, 0.3) is 5.91 Å². The number of piperidine rings is 1. The van der Waals surface area contributed by atoms with E-state index in [0.29, 0.717) is 54.2 Å². The van der Waals surface area contributed by atoms with Gasteiger partial charge in [-0.25, -0.2) is 13.1 Å². The number of carbonyl (C=O) groups excluding carboxylic acids is 1. The quantitative estimate of drug-likeness (QED) is 0.389. The number of carbonyl (C=O) groups is 1. The molecule has 9 nitrogen and oxygen atoms in total. The van der Waals surface area contributed by atoms with Gasteiger partial charge >= 0.3 is 6.18 Å². The van der Waals surface area contributed by atoms with E-state index < -0.39 is 35.1 Å². The van der Waals surface area contributed by atoms with Gasteiger partial charge in [0.15, 0.2) is 11.5 Å². The number of ether oxygens (including phenoxy) is 2. The van der Waals surface area contributed by atoms with Crippen LogP contribution in [0.4, 0.5) is 24.5 Å². The van der Waals surface area contributed by atoms with Crippen molar-refractivity contribution in [1.29, 1.82) is 0 Å². The summed E-state index contributed by atoms with van der Waals surface area (Å²) in [6.07, 6.45) is -0.697. The third-order valence-corrected chi connectivity index (χ3v) is 9.16. The molecule has 1 saturated heterocycles. The predicted molar refractivity (Wildman–Crippen MR) is 142 cm³/mol. The number of nitrogens with zero attached hydrogens (tertiary/aromatic N) is 1. The Bertz CT molecular complexity index is 1370. The van der Waals surface area contributed by atoms with Crippen LogP contribution < -0.4 is 24.4 Å². The normalized spacial score (nSPS) is 17.9. The van der Waals surface area contributed by atoms with E-state index in [4.69, 9.17) is 14.6 Å². The molecule has 2 heterocycles. The van der Waals surface area contributed by atoms with Gasteiger partial charge in [-0.15, -0.1) is 0 Å². The molecule has 1 aliphatic carbocycles. The van der Waals surface area contributed by atoms with Gasteiger partial charge in [-0.3, -0.25) is 4.79 Å². The molecule has 0 bridgehead atoms. The van der Waals surface area contributed by atoms with Crippen LogP contribution in [-0.2, 0) is 16.4 Å². The van der Waals surface area contributed by atoms with Crippen LogP contribution in [-0.4, -0.2) is 65.1 Å². The van der Waals surface area contributed by atoms with E-state index in [1.807, 2.05) is 4.90 Å². The number of amides is 1. The van der Waals surface area contributed by atoms with Gasteiger partial charge in [0.1, 0.15) is 0 Å². The van der Waals surface area contributed by atoms with E-state index in [1.54, 1.807) is 6.07 Å². The van der Waals surface area contributed by atoms with E-state index in [-0.39, 0.29) is 29.4 Å². The minimum Gasteiger partial charge on any atom is -0.489 e. The molecule has 2 aliphatic heterocycles. The van der Waals surface area contributed by atoms with Crippen molar-refractivity contribution in [2.45, 2.75) is 49.6 Å². The molecule has 2 fully saturated rings. The molecule has 13 heteroatoms. The minimum atomic E-state index is -4.37. The van der Waals surface area contributed by atoms with Gasteiger partial charge in [0.05, 0.1) is 42.4 Å². The van der Waals surface area contributed by atoms with Crippen LogP contribution >= 0.6 is 0 Å². The van der Waals surface area contributed by atoms with Crippen LogP contribution in [0.1, 0.15) is 48.0 Å². The number of hydrogen-bond acceptors (Lipinski definition) is 7. The first-order valence-electron chi connectivity index (χ1n) is 13.3. The SMILES string of the molecule is O=C(Nc1cc2c(c(OCCC(F)(F)F)c1)OCC2)c1ccc(S(=O)(=O)NCCO)cc1N1CCC2(CC1)CC2. The first-order valence-corrected chi connectivity index (χ1v) is 14.8. The van der Waals surface area contributed by atoms with Crippen molar-refractivity contribution in [2.75, 3.05) is 49.7 Å². The molecule has 1 spiro atoms. The number of sulfonamides is 1. The van der Waals surface area contributed by atoms with E-state index in [9.17, 15) is 26.4 Å². The first kappa shape index (κ1) is 28.5. The van der Waals surface area contributed by atoms with E-state index >= 15 is 0 Å². The smallest absolute Gasteiger partial charge is 0.392 e. The second kappa shape index (κ2) is 11.1. The highest BCUT2D eigenvalue weighted by atomic mass is 32.2. The highest BCUT2D eigenvalue weighted by Gasteiger charge is 2.44. The molecule has 218 valence electrons. The molecule has 5 rings (SSSR count). The molecule has 0 aromatic heterocycles. The molecule has 0 unspecified atom stereocenters. The maximum atomic E-state index is 13.6. The summed E-state index contributed by atoms with van der Waals surface area (Å²) in [5, 5.41) is 11.9. The van der Waals surface area contributed by atoms with E-state index in [0.717, 1.165) is 12.8 Å². The van der Waals surface area contributed by atoms with Crippen molar-refractivity contribution in [3.8, 4) is 11.5 Å². The van der Waals surface area contributed by atoms with Crippen molar-refractivity contribution in [3.63, 3.8) is 0 Å². The number of alkyl halides is 3. The molecule has 0 radical (unpaired) electrons. The molecule has 2 aromatic rings. The summed E-state index contributed by atoms with van der Waals surface area (Å²) in [5.41, 5.74) is 2.15. The van der Waals surface area contributed by atoms with Crippen LogP contribution in [0.15, 0.2) is 35.2 Å². The summed E-state index contributed by atoms with van der Waals surface area (Å²) in [4.78, 5) is 15.6. The van der Waals surface area contributed by atoms with Crippen LogP contribution in [0, 0.1) is 5.41 Å². The Morgan fingerprint density at radius 2 is 1.88 bits per heavy atom. The maximum Gasteiger partial charge on any atom is 0.392 e. The molecule has 40 heavy (non-hydrogen) atoms. The molecule has 1 amide bonds. The van der Waals surface area contributed by atoms with Gasteiger partial charge < -0.3 is 24.8 Å². The number of anilines is 2. The molecule has 3 aliphatic rings. The fourth-order valence-corrected chi connectivity index (χ4v) is 6.26. The highest BCUT2D eigenvalue weighted by molar-refractivity contribution is 7.89. The Labute approximate surface area is 230 Å². The third-order valence-electron chi connectivity index (χ3n) is 7.70. The van der Waals surface area contributed by atoms with Gasteiger partial charge in [-0.05, 0) is 55.4 Å². The van der Waals surface area contributed by atoms with Crippen molar-refractivity contribution in [3.05, 3.63) is 41.5 Å². The van der Waals surface area contributed by atoms with Crippen molar-refractivity contribution in [1.82, 2.24) is 4.72 Å². The number of aliphatic hydroxyl groups is 1. The number of rotatable bonds is 10. The number of fused-ring (bicyclic) bond motifs is 1. The number of hydrogen-bond donors (Lipinski definition) is 3. The molecular formula is C27H32F3N3O6S. The average molecular weight is 584 g/mol. The molecule has 3 N–H and O–H groups in total. The third kappa shape index (κ3) is 6.47.